The minimum Gasteiger partial charge on any atom is -0.490 e. The molecule has 5 N–H and O–H groups in total. The Labute approximate surface area is 329 Å². The lowest BCUT2D eigenvalue weighted by Crippen LogP contribution is -2.48. The van der Waals surface area contributed by atoms with E-state index in [9.17, 15) is 32.3 Å². The molecule has 3 aromatic rings. The van der Waals surface area contributed by atoms with E-state index in [4.69, 9.17) is 15.2 Å². The number of hydrogen-bond acceptors (Lipinski definition) is 9. The van der Waals surface area contributed by atoms with Gasteiger partial charge in [0.2, 0.25) is 21.8 Å². The molecule has 1 heterocycles. The van der Waals surface area contributed by atoms with Crippen LogP contribution in [0.4, 0.5) is 21.5 Å². The van der Waals surface area contributed by atoms with Crippen LogP contribution in [0.5, 0.6) is 5.75 Å². The molecule has 56 heavy (non-hydrogen) atoms. The van der Waals surface area contributed by atoms with Crippen molar-refractivity contribution in [3.05, 3.63) is 78.1 Å². The number of aliphatic hydroxyl groups excluding tert-OH is 1. The smallest absolute Gasteiger partial charge is 0.258 e. The first-order valence-electron chi connectivity index (χ1n) is 19.2. The number of likely N-dealkylation sites (N-methyl/N-ethyl adjacent to an activating group) is 1. The fraction of sp³-hybridized carbons (Fsp3) is 0.488. The van der Waals surface area contributed by atoms with Gasteiger partial charge in [-0.15, -0.1) is 0 Å². The summed E-state index contributed by atoms with van der Waals surface area (Å²) in [7, 11) is -2.54. The van der Waals surface area contributed by atoms with E-state index in [1.165, 1.54) is 28.4 Å². The third-order valence-electron chi connectivity index (χ3n) is 9.84. The number of ether oxygens (including phenoxy) is 2. The van der Waals surface area contributed by atoms with Crippen molar-refractivity contribution in [2.24, 2.45) is 5.92 Å². The van der Waals surface area contributed by atoms with Crippen LogP contribution >= 0.6 is 0 Å². The SMILES string of the molecule is C[C@@H]1CCCCO[C@@H](CN(C)S(=O)(=O)c2ccc(F)cc2)[C@@H](C)CN([C@H](C)CO)C(=O)c2cc(NC(=O)CCCCCC(=O)Nc3ccccc3N)ccc2O1. The molecule has 0 unspecified atom stereocenters. The van der Waals surface area contributed by atoms with Crippen LogP contribution in [0.1, 0.15) is 82.5 Å². The number of carbonyl (C=O) groups is 3. The number of hydrogen-bond donors (Lipinski definition) is 4. The summed E-state index contributed by atoms with van der Waals surface area (Å²) in [6.07, 6.45) is 3.53. The lowest BCUT2D eigenvalue weighted by Gasteiger charge is -2.35. The zero-order chi connectivity index (χ0) is 40.8. The van der Waals surface area contributed by atoms with E-state index in [1.807, 2.05) is 13.8 Å². The number of unbranched alkanes of at least 4 members (excludes halogenated alkanes) is 2. The summed E-state index contributed by atoms with van der Waals surface area (Å²) in [5, 5.41) is 15.9. The predicted molar refractivity (Wildman–Crippen MR) is 214 cm³/mol. The van der Waals surface area contributed by atoms with E-state index in [1.54, 1.807) is 49.4 Å². The van der Waals surface area contributed by atoms with Crippen molar-refractivity contribution < 1.29 is 41.8 Å². The predicted octanol–water partition coefficient (Wildman–Crippen LogP) is 6.05. The van der Waals surface area contributed by atoms with Gasteiger partial charge in [0.25, 0.3) is 5.91 Å². The third kappa shape index (κ3) is 12.7. The summed E-state index contributed by atoms with van der Waals surface area (Å²) >= 11 is 0. The summed E-state index contributed by atoms with van der Waals surface area (Å²) in [6, 6.07) is 15.9. The molecule has 0 aliphatic carbocycles. The molecule has 15 heteroatoms. The molecule has 3 amide bonds. The van der Waals surface area contributed by atoms with Gasteiger partial charge in [-0.05, 0) is 101 Å². The number of rotatable bonds is 14. The van der Waals surface area contributed by atoms with Crippen LogP contribution in [0, 0.1) is 11.7 Å². The van der Waals surface area contributed by atoms with Crippen LogP contribution in [0.2, 0.25) is 0 Å². The molecule has 0 bridgehead atoms. The Hall–Kier alpha value is -4.57. The molecule has 0 saturated carbocycles. The number of para-hydroxylation sites is 2. The summed E-state index contributed by atoms with van der Waals surface area (Å²) < 4.78 is 54.1. The summed E-state index contributed by atoms with van der Waals surface area (Å²) in [6.45, 7) is 5.58. The van der Waals surface area contributed by atoms with Gasteiger partial charge in [-0.3, -0.25) is 14.4 Å². The Morgan fingerprint density at radius 2 is 1.68 bits per heavy atom. The van der Waals surface area contributed by atoms with Crippen molar-refractivity contribution in [1.29, 1.82) is 0 Å². The number of nitrogens with two attached hydrogens (primary N) is 1. The van der Waals surface area contributed by atoms with E-state index in [-0.39, 0.29) is 54.5 Å². The quantitative estimate of drug-likeness (QED) is 0.112. The molecule has 1 aliphatic rings. The zero-order valence-electron chi connectivity index (χ0n) is 32.7. The molecule has 4 rings (SSSR count). The first-order valence-corrected chi connectivity index (χ1v) is 20.6. The topological polar surface area (TPSA) is 181 Å². The maximum absolute atomic E-state index is 14.4. The van der Waals surface area contributed by atoms with Crippen molar-refractivity contribution in [2.75, 3.05) is 49.7 Å². The van der Waals surface area contributed by atoms with Gasteiger partial charge < -0.3 is 35.8 Å². The zero-order valence-corrected chi connectivity index (χ0v) is 33.5. The van der Waals surface area contributed by atoms with Crippen LogP contribution in [-0.2, 0) is 24.3 Å². The molecule has 0 fully saturated rings. The molecule has 0 spiro atoms. The number of sulfonamides is 1. The molecule has 1 aliphatic heterocycles. The molecule has 0 saturated heterocycles. The highest BCUT2D eigenvalue weighted by Crippen LogP contribution is 2.29. The van der Waals surface area contributed by atoms with Gasteiger partial charge in [-0.1, -0.05) is 25.5 Å². The highest BCUT2D eigenvalue weighted by Gasteiger charge is 2.32. The lowest BCUT2D eigenvalue weighted by molar-refractivity contribution is -0.116. The standard InChI is InChI=1S/C41H56FN5O8S/c1-28-25-47(29(2)27-48)41(51)34-24-32(44-39(49)15-6-5-7-16-40(50)45-36-14-9-8-13-35(36)43)19-22-37(34)55-30(3)12-10-11-23-54-38(28)26-46(4)56(52,53)33-20-17-31(42)18-21-33/h8-9,13-14,17-22,24,28-30,38,48H,5-7,10-12,15-16,23,25-27,43H2,1-4H3,(H,44,49)(H,45,50)/t28-,29+,30+,38-/m0/s1. The Morgan fingerprint density at radius 1 is 1.00 bits per heavy atom. The van der Waals surface area contributed by atoms with Gasteiger partial charge in [0.15, 0.2) is 0 Å². The van der Waals surface area contributed by atoms with E-state index in [2.05, 4.69) is 10.6 Å². The maximum Gasteiger partial charge on any atom is 0.258 e. The fourth-order valence-corrected chi connectivity index (χ4v) is 7.58. The third-order valence-corrected chi connectivity index (χ3v) is 11.7. The number of nitrogens with one attached hydrogen (secondary N) is 2. The second-order valence-electron chi connectivity index (χ2n) is 14.5. The molecule has 0 aromatic heterocycles. The van der Waals surface area contributed by atoms with Crippen LogP contribution in [0.3, 0.4) is 0 Å². The average molecular weight is 798 g/mol. The van der Waals surface area contributed by atoms with Crippen LogP contribution in [0.25, 0.3) is 0 Å². The van der Waals surface area contributed by atoms with Gasteiger partial charge in [0.1, 0.15) is 11.6 Å². The first-order chi connectivity index (χ1) is 26.7. The molecular weight excluding hydrogens is 742 g/mol. The molecular formula is C41H56FN5O8S. The highest BCUT2D eigenvalue weighted by atomic mass is 32.2. The maximum atomic E-state index is 14.4. The molecule has 13 nitrogen and oxygen atoms in total. The van der Waals surface area contributed by atoms with Crippen molar-refractivity contribution in [2.45, 2.75) is 95.3 Å². The molecule has 0 radical (unpaired) electrons. The van der Waals surface area contributed by atoms with Gasteiger partial charge in [0, 0.05) is 51.2 Å². The number of anilines is 3. The molecule has 3 aromatic carbocycles. The van der Waals surface area contributed by atoms with E-state index in [0.29, 0.717) is 67.9 Å². The van der Waals surface area contributed by atoms with E-state index < -0.39 is 39.8 Å². The minimum absolute atomic E-state index is 0.0291. The van der Waals surface area contributed by atoms with Crippen molar-refractivity contribution >= 4 is 44.8 Å². The normalized spacial score (nSPS) is 19.0. The average Bonchev–Trinajstić information content (AvgIpc) is 3.16. The number of amides is 3. The van der Waals surface area contributed by atoms with E-state index in [0.717, 1.165) is 18.6 Å². The number of carbonyl (C=O) groups excluding carboxylic acids is 3. The Balaban J connectivity index is 1.46. The number of nitrogen functional groups attached to an aromatic ring is 1. The summed E-state index contributed by atoms with van der Waals surface area (Å²) in [5.41, 5.74) is 7.56. The van der Waals surface area contributed by atoms with Gasteiger partial charge >= 0.3 is 0 Å². The molecule has 306 valence electrons. The lowest BCUT2D eigenvalue weighted by atomic mass is 10.0. The second-order valence-corrected chi connectivity index (χ2v) is 16.5. The van der Waals surface area contributed by atoms with Crippen molar-refractivity contribution in [3.63, 3.8) is 0 Å². The Kier molecular flexibility index (Phi) is 16.6. The van der Waals surface area contributed by atoms with E-state index >= 15 is 0 Å². The van der Waals surface area contributed by atoms with Gasteiger partial charge in [-0.25, -0.2) is 12.8 Å². The van der Waals surface area contributed by atoms with Crippen molar-refractivity contribution in [3.8, 4) is 5.75 Å². The molecule has 4 atom stereocenters. The number of nitrogens with zero attached hydrogens (tertiary/aromatic N) is 2. The van der Waals surface area contributed by atoms with Crippen LogP contribution < -0.4 is 21.1 Å². The second kappa shape index (κ2) is 21.1. The van der Waals surface area contributed by atoms with Gasteiger partial charge in [0.05, 0.1) is 46.7 Å². The highest BCUT2D eigenvalue weighted by molar-refractivity contribution is 7.89. The number of benzene rings is 3. The fourth-order valence-electron chi connectivity index (χ4n) is 6.40. The number of fused-ring (bicyclic) bond motifs is 1. The summed E-state index contributed by atoms with van der Waals surface area (Å²) in [5.74, 6) is -1.43. The number of aliphatic hydroxyl groups is 1. The summed E-state index contributed by atoms with van der Waals surface area (Å²) in [4.78, 5) is 41.2. The minimum atomic E-state index is -3.98. The van der Waals surface area contributed by atoms with Gasteiger partial charge in [-0.2, -0.15) is 4.31 Å². The van der Waals surface area contributed by atoms with Crippen LogP contribution in [-0.4, -0.2) is 92.1 Å². The largest absolute Gasteiger partial charge is 0.490 e. The number of halogens is 1. The monoisotopic (exact) mass is 797 g/mol. The Morgan fingerprint density at radius 3 is 2.36 bits per heavy atom. The Bertz CT molecular complexity index is 1880. The van der Waals surface area contributed by atoms with Crippen LogP contribution in [0.15, 0.2) is 71.6 Å². The first kappa shape index (κ1) is 44.1. The van der Waals surface area contributed by atoms with Crippen molar-refractivity contribution in [1.82, 2.24) is 9.21 Å².